The molecule has 1 unspecified atom stereocenters. The summed E-state index contributed by atoms with van der Waals surface area (Å²) in [4.78, 5) is 11.2. The van der Waals surface area contributed by atoms with E-state index in [2.05, 4.69) is 11.2 Å². The molecule has 84 valence electrons. The van der Waals surface area contributed by atoms with E-state index in [0.29, 0.717) is 6.54 Å². The fraction of sp³-hybridized carbons (Fsp3) is 0.583. The van der Waals surface area contributed by atoms with Crippen molar-refractivity contribution in [1.29, 1.82) is 0 Å². The second-order valence-corrected chi connectivity index (χ2v) is 4.39. The second-order valence-electron chi connectivity index (χ2n) is 4.39. The Morgan fingerprint density at radius 3 is 2.67 bits per heavy atom. The average molecular weight is 209 g/mol. The largest absolute Gasteiger partial charge is 0.444 e. The molecule has 0 radical (unpaired) electrons. The Morgan fingerprint density at radius 2 is 2.20 bits per heavy atom. The van der Waals surface area contributed by atoms with Gasteiger partial charge in [0.25, 0.3) is 0 Å². The van der Waals surface area contributed by atoms with Crippen LogP contribution in [0, 0.1) is 18.3 Å². The van der Waals surface area contributed by atoms with Gasteiger partial charge in [-0.15, -0.1) is 6.42 Å². The number of carbonyl (C=O) groups excluding carboxylic acids is 1. The van der Waals surface area contributed by atoms with E-state index in [1.165, 1.54) is 0 Å². The van der Waals surface area contributed by atoms with Crippen LogP contribution in [0.5, 0.6) is 0 Å². The summed E-state index contributed by atoms with van der Waals surface area (Å²) in [6.07, 6.45) is 8.15. The first kappa shape index (κ1) is 13.6. The lowest BCUT2D eigenvalue weighted by Gasteiger charge is -2.20. The Kier molecular flexibility index (Phi) is 5.54. The van der Waals surface area contributed by atoms with Gasteiger partial charge in [0.15, 0.2) is 0 Å². The average Bonchev–Trinajstić information content (AvgIpc) is 2.08. The highest BCUT2D eigenvalue weighted by Crippen LogP contribution is 2.06. The molecule has 3 nitrogen and oxygen atoms in total. The molecule has 0 saturated heterocycles. The van der Waals surface area contributed by atoms with Crippen molar-refractivity contribution < 1.29 is 9.53 Å². The minimum absolute atomic E-state index is 0.202. The molecule has 0 aliphatic rings. The molecule has 0 aliphatic carbocycles. The molecule has 0 rings (SSSR count). The lowest BCUT2D eigenvalue weighted by Crippen LogP contribution is -2.34. The Labute approximate surface area is 91.9 Å². The van der Waals surface area contributed by atoms with E-state index in [1.54, 1.807) is 6.08 Å². The van der Waals surface area contributed by atoms with Gasteiger partial charge >= 0.3 is 6.09 Å². The van der Waals surface area contributed by atoms with Crippen molar-refractivity contribution in [2.45, 2.75) is 33.3 Å². The molecule has 15 heavy (non-hydrogen) atoms. The SMILES string of the molecule is C#C/C=C/C(C)CNC(=O)OC(C)(C)C. The molecular formula is C12H19NO2. The van der Waals surface area contributed by atoms with Crippen LogP contribution in [0.4, 0.5) is 4.79 Å². The van der Waals surface area contributed by atoms with Gasteiger partial charge in [0, 0.05) is 6.54 Å². The highest BCUT2D eigenvalue weighted by molar-refractivity contribution is 5.67. The number of rotatable bonds is 3. The minimum atomic E-state index is -0.456. The van der Waals surface area contributed by atoms with E-state index < -0.39 is 11.7 Å². The molecule has 0 aliphatic heterocycles. The number of alkyl carbamates (subject to hydrolysis) is 1. The summed E-state index contributed by atoms with van der Waals surface area (Å²) in [7, 11) is 0. The molecular weight excluding hydrogens is 190 g/mol. The Bertz CT molecular complexity index is 268. The van der Waals surface area contributed by atoms with Crippen LogP contribution in [0.15, 0.2) is 12.2 Å². The topological polar surface area (TPSA) is 38.3 Å². The van der Waals surface area contributed by atoms with Gasteiger partial charge in [-0.2, -0.15) is 0 Å². The monoisotopic (exact) mass is 209 g/mol. The molecule has 0 aromatic heterocycles. The fourth-order valence-electron chi connectivity index (χ4n) is 0.846. The maximum atomic E-state index is 11.2. The van der Waals surface area contributed by atoms with Crippen LogP contribution in [0.1, 0.15) is 27.7 Å². The molecule has 0 fully saturated rings. The number of terminal acetylenes is 1. The number of hydrogen-bond donors (Lipinski definition) is 1. The Morgan fingerprint density at radius 1 is 1.60 bits per heavy atom. The van der Waals surface area contributed by atoms with Gasteiger partial charge in [-0.1, -0.05) is 18.9 Å². The van der Waals surface area contributed by atoms with Gasteiger partial charge in [-0.3, -0.25) is 0 Å². The molecule has 0 aromatic rings. The molecule has 1 amide bonds. The first-order valence-electron chi connectivity index (χ1n) is 4.95. The number of ether oxygens (including phenoxy) is 1. The van der Waals surface area contributed by atoms with Gasteiger partial charge in [-0.05, 0) is 32.8 Å². The van der Waals surface area contributed by atoms with Crippen LogP contribution >= 0.6 is 0 Å². The molecule has 0 saturated carbocycles. The quantitative estimate of drug-likeness (QED) is 0.724. The predicted molar refractivity (Wildman–Crippen MR) is 61.4 cm³/mol. The van der Waals surface area contributed by atoms with Gasteiger partial charge in [-0.25, -0.2) is 4.79 Å². The number of carbonyl (C=O) groups is 1. The van der Waals surface area contributed by atoms with E-state index in [4.69, 9.17) is 11.2 Å². The first-order chi connectivity index (χ1) is 6.85. The highest BCUT2D eigenvalue weighted by Gasteiger charge is 2.15. The number of nitrogens with one attached hydrogen (secondary N) is 1. The summed E-state index contributed by atoms with van der Waals surface area (Å²) >= 11 is 0. The third-order valence-corrected chi connectivity index (χ3v) is 1.49. The molecule has 0 bridgehead atoms. The van der Waals surface area contributed by atoms with Gasteiger partial charge in [0.05, 0.1) is 0 Å². The van der Waals surface area contributed by atoms with E-state index in [1.807, 2.05) is 33.8 Å². The van der Waals surface area contributed by atoms with Gasteiger partial charge < -0.3 is 10.1 Å². The molecule has 1 atom stereocenters. The fourth-order valence-corrected chi connectivity index (χ4v) is 0.846. The zero-order valence-electron chi connectivity index (χ0n) is 9.83. The standard InChI is InChI=1S/C12H19NO2/c1-6-7-8-10(2)9-13-11(14)15-12(3,4)5/h1,7-8,10H,9H2,2-5H3,(H,13,14)/b8-7+. The van der Waals surface area contributed by atoms with Crippen LogP contribution in [0.2, 0.25) is 0 Å². The normalized spacial score (nSPS) is 13.3. The molecule has 0 aromatic carbocycles. The predicted octanol–water partition coefficient (Wildman–Crippen LogP) is 2.34. The van der Waals surface area contributed by atoms with E-state index in [-0.39, 0.29) is 5.92 Å². The molecule has 3 heteroatoms. The molecule has 0 heterocycles. The van der Waals surface area contributed by atoms with Crippen LogP contribution in [-0.4, -0.2) is 18.2 Å². The number of amides is 1. The molecule has 1 N–H and O–H groups in total. The van der Waals surface area contributed by atoms with E-state index in [9.17, 15) is 4.79 Å². The van der Waals surface area contributed by atoms with Crippen molar-refractivity contribution in [2.75, 3.05) is 6.54 Å². The van der Waals surface area contributed by atoms with E-state index >= 15 is 0 Å². The van der Waals surface area contributed by atoms with Crippen LogP contribution in [0.3, 0.4) is 0 Å². The van der Waals surface area contributed by atoms with Crippen molar-refractivity contribution in [2.24, 2.45) is 5.92 Å². The summed E-state index contributed by atoms with van der Waals surface area (Å²) in [5.74, 6) is 2.60. The zero-order valence-corrected chi connectivity index (χ0v) is 9.83. The highest BCUT2D eigenvalue weighted by atomic mass is 16.6. The Hall–Kier alpha value is -1.43. The smallest absolute Gasteiger partial charge is 0.407 e. The minimum Gasteiger partial charge on any atom is -0.444 e. The van der Waals surface area contributed by atoms with Crippen molar-refractivity contribution >= 4 is 6.09 Å². The number of hydrogen-bond acceptors (Lipinski definition) is 2. The summed E-state index contributed by atoms with van der Waals surface area (Å²) < 4.78 is 5.08. The zero-order chi connectivity index (χ0) is 11.9. The van der Waals surface area contributed by atoms with Crippen molar-refractivity contribution in [3.8, 4) is 12.3 Å². The van der Waals surface area contributed by atoms with Crippen LogP contribution in [0.25, 0.3) is 0 Å². The maximum Gasteiger partial charge on any atom is 0.407 e. The maximum absolute atomic E-state index is 11.2. The summed E-state index contributed by atoms with van der Waals surface area (Å²) in [5, 5.41) is 2.67. The second kappa shape index (κ2) is 6.13. The lowest BCUT2D eigenvalue weighted by molar-refractivity contribution is 0.0523. The summed E-state index contributed by atoms with van der Waals surface area (Å²) in [6, 6.07) is 0. The first-order valence-corrected chi connectivity index (χ1v) is 4.95. The van der Waals surface area contributed by atoms with Crippen molar-refractivity contribution in [3.05, 3.63) is 12.2 Å². The molecule has 0 spiro atoms. The lowest BCUT2D eigenvalue weighted by atomic mass is 10.1. The third-order valence-electron chi connectivity index (χ3n) is 1.49. The third kappa shape index (κ3) is 8.89. The number of allylic oxidation sites excluding steroid dienone is 1. The Balaban J connectivity index is 3.82. The van der Waals surface area contributed by atoms with Crippen molar-refractivity contribution in [1.82, 2.24) is 5.32 Å². The van der Waals surface area contributed by atoms with E-state index in [0.717, 1.165) is 0 Å². The van der Waals surface area contributed by atoms with Gasteiger partial charge in [0.2, 0.25) is 0 Å². The van der Waals surface area contributed by atoms with Crippen molar-refractivity contribution in [3.63, 3.8) is 0 Å². The summed E-state index contributed by atoms with van der Waals surface area (Å²) in [5.41, 5.74) is -0.456. The van der Waals surface area contributed by atoms with Crippen LogP contribution < -0.4 is 5.32 Å². The summed E-state index contributed by atoms with van der Waals surface area (Å²) in [6.45, 7) is 7.97. The van der Waals surface area contributed by atoms with Gasteiger partial charge in [0.1, 0.15) is 5.60 Å². The van der Waals surface area contributed by atoms with Crippen LogP contribution in [-0.2, 0) is 4.74 Å².